The Hall–Kier alpha value is -1.72. The highest BCUT2D eigenvalue weighted by Gasteiger charge is 2.20. The fraction of sp³-hybridized carbons (Fsp3) is 0.733. The van der Waals surface area contributed by atoms with Crippen LogP contribution in [0.2, 0.25) is 0 Å². The van der Waals surface area contributed by atoms with Crippen LogP contribution in [0.5, 0.6) is 0 Å². The maximum Gasteiger partial charge on any atom is 0.220 e. The molecule has 2 amide bonds. The normalized spacial score (nSPS) is 16.7. The van der Waals surface area contributed by atoms with E-state index in [1.165, 1.54) is 6.20 Å². The first-order chi connectivity index (χ1) is 10.0. The van der Waals surface area contributed by atoms with E-state index in [0.29, 0.717) is 18.8 Å². The van der Waals surface area contributed by atoms with Crippen LogP contribution < -0.4 is 21.7 Å². The Morgan fingerprint density at radius 2 is 2.10 bits per heavy atom. The average molecular weight is 300 g/mol. The maximum absolute atomic E-state index is 10.8. The summed E-state index contributed by atoms with van der Waals surface area (Å²) in [4.78, 5) is 21.1. The Morgan fingerprint density at radius 3 is 2.43 bits per heavy atom. The molecule has 0 bridgehead atoms. The molecule has 1 rings (SSSR count). The number of nitrogens with one attached hydrogen (secondary N) is 3. The van der Waals surface area contributed by atoms with Crippen LogP contribution in [0.15, 0.2) is 11.9 Å². The number of nitrogens with two attached hydrogens (primary N) is 1. The average Bonchev–Trinajstić information content (AvgIpc) is 2.93. The first-order valence-electron chi connectivity index (χ1n) is 7.63. The molecule has 0 saturated carbocycles. The summed E-state index contributed by atoms with van der Waals surface area (Å²) in [7, 11) is 1.65. The van der Waals surface area contributed by atoms with Crippen molar-refractivity contribution in [1.29, 1.82) is 0 Å². The molecule has 5 N–H and O–H groups in total. The molecule has 6 nitrogen and oxygen atoms in total. The molecule has 0 spiro atoms. The monoisotopic (exact) mass is 300 g/mol. The highest BCUT2D eigenvalue weighted by Crippen LogP contribution is 2.07. The summed E-state index contributed by atoms with van der Waals surface area (Å²) in [5, 5.41) is 8.45. The molecule has 0 aromatic carbocycles. The van der Waals surface area contributed by atoms with Gasteiger partial charge in [-0.1, -0.05) is 20.8 Å². The number of carbonyl (C=O) groups is 2. The van der Waals surface area contributed by atoms with Crippen LogP contribution in [0.1, 0.15) is 47.0 Å². The molecule has 0 aromatic heterocycles. The van der Waals surface area contributed by atoms with Gasteiger partial charge in [0.25, 0.3) is 0 Å². The molecule has 124 valence electrons. The number of hydrogen-bond acceptors (Lipinski definition) is 4. The van der Waals surface area contributed by atoms with E-state index in [2.05, 4.69) is 16.0 Å². The summed E-state index contributed by atoms with van der Waals surface area (Å²) in [6, 6.07) is 0. The Labute approximate surface area is 128 Å². The molecule has 1 aliphatic heterocycles. The van der Waals surface area contributed by atoms with Crippen molar-refractivity contribution < 1.29 is 9.59 Å². The van der Waals surface area contributed by atoms with E-state index >= 15 is 0 Å². The molecule has 0 aliphatic carbocycles. The van der Waals surface area contributed by atoms with Crippen molar-refractivity contribution in [2.45, 2.75) is 47.0 Å². The molecule has 1 fully saturated rings. The predicted molar refractivity (Wildman–Crippen MR) is 87.4 cm³/mol. The van der Waals surface area contributed by atoms with Crippen LogP contribution in [0.4, 0.5) is 0 Å². The molecule has 1 aliphatic rings. The van der Waals surface area contributed by atoms with Gasteiger partial charge >= 0.3 is 0 Å². The highest BCUT2D eigenvalue weighted by atomic mass is 16.2. The van der Waals surface area contributed by atoms with Crippen molar-refractivity contribution in [3.05, 3.63) is 11.9 Å². The van der Waals surface area contributed by atoms with Crippen molar-refractivity contribution in [1.82, 2.24) is 16.0 Å². The van der Waals surface area contributed by atoms with E-state index in [-0.39, 0.29) is 11.8 Å². The van der Waals surface area contributed by atoms with E-state index < -0.39 is 0 Å². The predicted octanol–water partition coefficient (Wildman–Crippen LogP) is 1.09. The Morgan fingerprint density at radius 1 is 1.48 bits per heavy atom. The number of rotatable bonds is 5. The van der Waals surface area contributed by atoms with Gasteiger partial charge in [0.05, 0.1) is 0 Å². The first-order valence-corrected chi connectivity index (χ1v) is 7.63. The Bertz CT molecular complexity index is 317. The second-order valence-electron chi connectivity index (χ2n) is 4.53. The minimum atomic E-state index is 0.127. The lowest BCUT2D eigenvalue weighted by molar-refractivity contribution is -0.121. The second-order valence-corrected chi connectivity index (χ2v) is 4.53. The first kappa shape index (κ1) is 21.6. The number of allylic oxidation sites excluding steroid dienone is 1. The SMILES string of the molecule is C/C(=C/N)NCC1CNC(=O)C1.CC.CCCC(=O)NC. The van der Waals surface area contributed by atoms with Gasteiger partial charge in [-0.3, -0.25) is 9.59 Å². The molecule has 1 atom stereocenters. The summed E-state index contributed by atoms with van der Waals surface area (Å²) >= 11 is 0. The van der Waals surface area contributed by atoms with Gasteiger partial charge in [-0.15, -0.1) is 0 Å². The highest BCUT2D eigenvalue weighted by molar-refractivity contribution is 5.78. The lowest BCUT2D eigenvalue weighted by Crippen LogP contribution is -2.23. The third-order valence-electron chi connectivity index (χ3n) is 2.74. The third kappa shape index (κ3) is 13.0. The van der Waals surface area contributed by atoms with Crippen molar-refractivity contribution in [3.8, 4) is 0 Å². The topological polar surface area (TPSA) is 96.2 Å². The standard InChI is InChI=1S/C8H15N3O.C5H11NO.C2H6/c1-6(3-9)10-4-7-2-8(12)11-5-7;1-3-4-5(7)6-2;1-2/h3,7,10H,2,4-5,9H2,1H3,(H,11,12);3-4H2,1-2H3,(H,6,7);1-2H3/b6-3-;;. The summed E-state index contributed by atoms with van der Waals surface area (Å²) in [6.45, 7) is 9.49. The molecular formula is C15H32N4O2. The number of carbonyl (C=O) groups excluding carboxylic acids is 2. The lowest BCUT2D eigenvalue weighted by Gasteiger charge is -2.09. The molecule has 0 radical (unpaired) electrons. The van der Waals surface area contributed by atoms with Gasteiger partial charge in [0.15, 0.2) is 0 Å². The van der Waals surface area contributed by atoms with Gasteiger partial charge in [0.1, 0.15) is 0 Å². The third-order valence-corrected chi connectivity index (χ3v) is 2.74. The molecule has 21 heavy (non-hydrogen) atoms. The Kier molecular flexibility index (Phi) is 15.1. The van der Waals surface area contributed by atoms with Crippen LogP contribution in [-0.2, 0) is 9.59 Å². The van der Waals surface area contributed by atoms with Crippen molar-refractivity contribution in [2.75, 3.05) is 20.1 Å². The van der Waals surface area contributed by atoms with Gasteiger partial charge in [0, 0.05) is 50.8 Å². The van der Waals surface area contributed by atoms with Crippen molar-refractivity contribution >= 4 is 11.8 Å². The van der Waals surface area contributed by atoms with E-state index in [1.807, 2.05) is 27.7 Å². The van der Waals surface area contributed by atoms with Crippen LogP contribution in [0.3, 0.4) is 0 Å². The van der Waals surface area contributed by atoms with Crippen molar-refractivity contribution in [2.24, 2.45) is 11.7 Å². The molecule has 6 heteroatoms. The summed E-state index contributed by atoms with van der Waals surface area (Å²) in [5.41, 5.74) is 6.23. The van der Waals surface area contributed by atoms with Gasteiger partial charge in [-0.05, 0) is 13.3 Å². The zero-order chi connectivity index (χ0) is 16.7. The van der Waals surface area contributed by atoms with Crippen molar-refractivity contribution in [3.63, 3.8) is 0 Å². The Balaban J connectivity index is 0. The fourth-order valence-electron chi connectivity index (χ4n) is 1.53. The van der Waals surface area contributed by atoms with E-state index in [9.17, 15) is 9.59 Å². The number of amides is 2. The molecule has 1 saturated heterocycles. The van der Waals surface area contributed by atoms with Crippen LogP contribution >= 0.6 is 0 Å². The molecular weight excluding hydrogens is 268 g/mol. The lowest BCUT2D eigenvalue weighted by atomic mass is 10.1. The fourth-order valence-corrected chi connectivity index (χ4v) is 1.53. The molecule has 1 heterocycles. The van der Waals surface area contributed by atoms with Gasteiger partial charge in [-0.2, -0.15) is 0 Å². The number of hydrogen-bond donors (Lipinski definition) is 4. The smallest absolute Gasteiger partial charge is 0.220 e. The largest absolute Gasteiger partial charge is 0.403 e. The van der Waals surface area contributed by atoms with E-state index in [1.54, 1.807) is 7.05 Å². The van der Waals surface area contributed by atoms with Gasteiger partial charge in [-0.25, -0.2) is 0 Å². The van der Waals surface area contributed by atoms with Crippen LogP contribution in [-0.4, -0.2) is 32.0 Å². The van der Waals surface area contributed by atoms with Crippen LogP contribution in [0, 0.1) is 5.92 Å². The maximum atomic E-state index is 10.8. The summed E-state index contributed by atoms with van der Waals surface area (Å²) in [5.74, 6) is 0.686. The quantitative estimate of drug-likeness (QED) is 0.611. The minimum absolute atomic E-state index is 0.127. The summed E-state index contributed by atoms with van der Waals surface area (Å²) in [6.07, 6.45) is 3.74. The molecule has 1 unspecified atom stereocenters. The second kappa shape index (κ2) is 14.7. The zero-order valence-corrected chi connectivity index (χ0v) is 14.1. The molecule has 0 aromatic rings. The minimum Gasteiger partial charge on any atom is -0.403 e. The van der Waals surface area contributed by atoms with Crippen LogP contribution in [0.25, 0.3) is 0 Å². The van der Waals surface area contributed by atoms with Gasteiger partial charge in [0.2, 0.25) is 11.8 Å². The zero-order valence-electron chi connectivity index (χ0n) is 14.1. The summed E-state index contributed by atoms with van der Waals surface area (Å²) < 4.78 is 0. The van der Waals surface area contributed by atoms with Gasteiger partial charge < -0.3 is 21.7 Å². The van der Waals surface area contributed by atoms with E-state index in [4.69, 9.17) is 5.73 Å². The van der Waals surface area contributed by atoms with E-state index in [0.717, 1.165) is 25.2 Å².